The van der Waals surface area contributed by atoms with E-state index in [1.807, 2.05) is 19.9 Å². The minimum Gasteiger partial charge on any atom is -0.491 e. The summed E-state index contributed by atoms with van der Waals surface area (Å²) in [5, 5.41) is 3.18. The van der Waals surface area contributed by atoms with E-state index in [-0.39, 0.29) is 0 Å². The molecule has 0 bridgehead atoms. The fraction of sp³-hybridized carbons (Fsp3) is 0.375. The number of carbonyl (C=O) groups excluding carboxylic acids is 1. The highest BCUT2D eigenvalue weighted by Gasteiger charge is 2.08. The number of nitrogens with one attached hydrogen (secondary N) is 1. The summed E-state index contributed by atoms with van der Waals surface area (Å²) in [5.74, 6) is 0.684. The number of hydrogen-bond acceptors (Lipinski definition) is 3. The molecule has 0 aromatic carbocycles. The number of carbonyl (C=O) groups is 1. The molecule has 0 spiro atoms. The number of urea groups is 1. The third-order valence-electron chi connectivity index (χ3n) is 1.36. The zero-order chi connectivity index (χ0) is 9.84. The molecule has 0 aliphatic rings. The molecule has 1 rings (SSSR count). The minimum absolute atomic E-state index is 0.567. The fourth-order valence-electron chi connectivity index (χ4n) is 0.953. The van der Waals surface area contributed by atoms with Crippen molar-refractivity contribution in [2.45, 2.75) is 13.8 Å². The van der Waals surface area contributed by atoms with Crippen LogP contribution in [0, 0.1) is 6.92 Å². The lowest BCUT2D eigenvalue weighted by Crippen LogP contribution is -2.18. The van der Waals surface area contributed by atoms with Crippen molar-refractivity contribution in [3.63, 3.8) is 0 Å². The Morgan fingerprint density at radius 2 is 2.46 bits per heavy atom. The summed E-state index contributed by atoms with van der Waals surface area (Å²) in [6, 6.07) is 1.31. The molecule has 0 saturated heterocycles. The highest BCUT2D eigenvalue weighted by atomic mass is 32.1. The van der Waals surface area contributed by atoms with Gasteiger partial charge < -0.3 is 10.5 Å². The van der Waals surface area contributed by atoms with E-state index in [0.29, 0.717) is 17.4 Å². The SMILES string of the molecule is CCOc1cc(C)sc1NC(N)=O. The third-order valence-corrected chi connectivity index (χ3v) is 2.30. The average Bonchev–Trinajstić information content (AvgIpc) is 2.31. The van der Waals surface area contributed by atoms with E-state index in [1.54, 1.807) is 0 Å². The lowest BCUT2D eigenvalue weighted by atomic mass is 10.4. The van der Waals surface area contributed by atoms with Gasteiger partial charge >= 0.3 is 6.03 Å². The first kappa shape index (κ1) is 9.85. The summed E-state index contributed by atoms with van der Waals surface area (Å²) in [6.07, 6.45) is 0. The number of primary amides is 1. The third kappa shape index (κ3) is 2.62. The predicted molar refractivity (Wildman–Crippen MR) is 53.4 cm³/mol. The standard InChI is InChI=1S/C8H12N2O2S/c1-3-12-6-4-5(2)13-7(6)10-8(9)11/h4H,3H2,1-2H3,(H3,9,10,11). The number of hydrogen-bond donors (Lipinski definition) is 2. The summed E-state index contributed by atoms with van der Waals surface area (Å²) in [6.45, 7) is 4.41. The highest BCUT2D eigenvalue weighted by Crippen LogP contribution is 2.34. The van der Waals surface area contributed by atoms with Gasteiger partial charge in [0.05, 0.1) is 6.61 Å². The molecule has 4 nitrogen and oxygen atoms in total. The summed E-state index contributed by atoms with van der Waals surface area (Å²) in [5.41, 5.74) is 5.00. The Labute approximate surface area is 80.7 Å². The van der Waals surface area contributed by atoms with Crippen LogP contribution in [0.15, 0.2) is 6.07 Å². The Hall–Kier alpha value is -1.23. The maximum atomic E-state index is 10.6. The zero-order valence-electron chi connectivity index (χ0n) is 7.59. The van der Waals surface area contributed by atoms with Gasteiger partial charge in [0.1, 0.15) is 5.00 Å². The van der Waals surface area contributed by atoms with Gasteiger partial charge in [0.15, 0.2) is 5.75 Å². The molecule has 72 valence electrons. The molecule has 0 aliphatic carbocycles. The summed E-state index contributed by atoms with van der Waals surface area (Å²) in [4.78, 5) is 11.7. The second kappa shape index (κ2) is 4.13. The molecule has 0 saturated carbocycles. The molecular formula is C8H12N2O2S. The van der Waals surface area contributed by atoms with Crippen LogP contribution in [0.1, 0.15) is 11.8 Å². The van der Waals surface area contributed by atoms with Crippen molar-refractivity contribution in [3.05, 3.63) is 10.9 Å². The topological polar surface area (TPSA) is 64.3 Å². The zero-order valence-corrected chi connectivity index (χ0v) is 8.40. The quantitative estimate of drug-likeness (QED) is 0.783. The Kier molecular flexibility index (Phi) is 3.13. The van der Waals surface area contributed by atoms with Crippen molar-refractivity contribution in [1.29, 1.82) is 0 Å². The molecule has 2 amide bonds. The number of rotatable bonds is 3. The Bertz CT molecular complexity index is 309. The second-order valence-corrected chi connectivity index (χ2v) is 3.73. The number of ether oxygens (including phenoxy) is 1. The van der Waals surface area contributed by atoms with Gasteiger partial charge in [0, 0.05) is 4.88 Å². The van der Waals surface area contributed by atoms with Crippen LogP contribution in [0.4, 0.5) is 9.80 Å². The monoisotopic (exact) mass is 200 g/mol. The lowest BCUT2D eigenvalue weighted by molar-refractivity contribution is 0.259. The maximum Gasteiger partial charge on any atom is 0.317 e. The first-order chi connectivity index (χ1) is 6.13. The summed E-state index contributed by atoms with van der Waals surface area (Å²) in [7, 11) is 0. The van der Waals surface area contributed by atoms with Crippen molar-refractivity contribution in [3.8, 4) is 5.75 Å². The maximum absolute atomic E-state index is 10.6. The molecule has 0 unspecified atom stereocenters. The van der Waals surface area contributed by atoms with Crippen LogP contribution in [0.2, 0.25) is 0 Å². The first-order valence-corrected chi connectivity index (χ1v) is 4.74. The van der Waals surface area contributed by atoms with Gasteiger partial charge in [0.2, 0.25) is 0 Å². The Balaban J connectivity index is 2.83. The fourth-order valence-corrected chi connectivity index (χ4v) is 1.81. The van der Waals surface area contributed by atoms with E-state index in [2.05, 4.69) is 5.32 Å². The molecule has 3 N–H and O–H groups in total. The largest absolute Gasteiger partial charge is 0.491 e. The average molecular weight is 200 g/mol. The van der Waals surface area contributed by atoms with Gasteiger partial charge in [-0.15, -0.1) is 11.3 Å². The van der Waals surface area contributed by atoms with E-state index in [9.17, 15) is 4.79 Å². The molecule has 13 heavy (non-hydrogen) atoms. The van der Waals surface area contributed by atoms with Crippen LogP contribution in [0.3, 0.4) is 0 Å². The van der Waals surface area contributed by atoms with Crippen molar-refractivity contribution in [1.82, 2.24) is 0 Å². The van der Waals surface area contributed by atoms with Crippen LogP contribution in [0.5, 0.6) is 5.75 Å². The van der Waals surface area contributed by atoms with Gasteiger partial charge in [-0.2, -0.15) is 0 Å². The molecule has 0 radical (unpaired) electrons. The van der Waals surface area contributed by atoms with Crippen LogP contribution in [0.25, 0.3) is 0 Å². The number of amides is 2. The van der Waals surface area contributed by atoms with Crippen LogP contribution in [-0.4, -0.2) is 12.6 Å². The molecule has 1 aromatic heterocycles. The van der Waals surface area contributed by atoms with Crippen molar-refractivity contribution in [2.75, 3.05) is 11.9 Å². The van der Waals surface area contributed by atoms with E-state index >= 15 is 0 Å². The minimum atomic E-state index is -0.567. The Morgan fingerprint density at radius 1 is 1.77 bits per heavy atom. The van der Waals surface area contributed by atoms with Crippen LogP contribution < -0.4 is 15.8 Å². The van der Waals surface area contributed by atoms with Gasteiger partial charge in [-0.05, 0) is 19.9 Å². The number of thiophene rings is 1. The smallest absolute Gasteiger partial charge is 0.317 e. The normalized spacial score (nSPS) is 9.69. The first-order valence-electron chi connectivity index (χ1n) is 3.93. The second-order valence-electron chi connectivity index (χ2n) is 2.47. The summed E-state index contributed by atoms with van der Waals surface area (Å²) >= 11 is 1.45. The number of nitrogens with two attached hydrogens (primary N) is 1. The van der Waals surface area contributed by atoms with Gasteiger partial charge in [-0.25, -0.2) is 4.79 Å². The van der Waals surface area contributed by atoms with Gasteiger partial charge in [0.25, 0.3) is 0 Å². The number of anilines is 1. The molecule has 5 heteroatoms. The molecule has 0 atom stereocenters. The van der Waals surface area contributed by atoms with E-state index in [0.717, 1.165) is 4.88 Å². The van der Waals surface area contributed by atoms with Gasteiger partial charge in [-0.1, -0.05) is 0 Å². The Morgan fingerprint density at radius 3 is 3.00 bits per heavy atom. The number of aryl methyl sites for hydroxylation is 1. The predicted octanol–water partition coefficient (Wildman–Crippen LogP) is 1.95. The van der Waals surface area contributed by atoms with Crippen LogP contribution in [-0.2, 0) is 0 Å². The van der Waals surface area contributed by atoms with Crippen molar-refractivity contribution >= 4 is 22.4 Å². The van der Waals surface area contributed by atoms with Crippen LogP contribution >= 0.6 is 11.3 Å². The van der Waals surface area contributed by atoms with E-state index < -0.39 is 6.03 Å². The van der Waals surface area contributed by atoms with Crippen molar-refractivity contribution in [2.24, 2.45) is 5.73 Å². The van der Waals surface area contributed by atoms with E-state index in [4.69, 9.17) is 10.5 Å². The molecule has 0 aliphatic heterocycles. The molecule has 0 fully saturated rings. The highest BCUT2D eigenvalue weighted by molar-refractivity contribution is 7.16. The van der Waals surface area contributed by atoms with Gasteiger partial charge in [-0.3, -0.25) is 5.32 Å². The molecule has 1 aromatic rings. The molecule has 1 heterocycles. The molecular weight excluding hydrogens is 188 g/mol. The lowest BCUT2D eigenvalue weighted by Gasteiger charge is -2.03. The van der Waals surface area contributed by atoms with Crippen molar-refractivity contribution < 1.29 is 9.53 Å². The summed E-state index contributed by atoms with van der Waals surface area (Å²) < 4.78 is 5.30. The van der Waals surface area contributed by atoms with E-state index in [1.165, 1.54) is 11.3 Å².